The van der Waals surface area contributed by atoms with Gasteiger partial charge in [-0.2, -0.15) is 0 Å². The number of ether oxygens (including phenoxy) is 1. The van der Waals surface area contributed by atoms with Crippen molar-refractivity contribution in [2.75, 3.05) is 7.11 Å². The predicted molar refractivity (Wildman–Crippen MR) is 74.9 cm³/mol. The second-order valence-electron chi connectivity index (χ2n) is 4.51. The Morgan fingerprint density at radius 3 is 2.42 bits per heavy atom. The molecule has 2 aromatic carbocycles. The number of aromatic carboxylic acids is 1. The number of benzene rings is 2. The second-order valence-corrected chi connectivity index (χ2v) is 4.51. The minimum Gasteiger partial charge on any atom is -0.495 e. The van der Waals surface area contributed by atoms with Crippen LogP contribution in [-0.2, 0) is 0 Å². The molecule has 0 heterocycles. The Morgan fingerprint density at radius 1 is 1.11 bits per heavy atom. The van der Waals surface area contributed by atoms with Crippen LogP contribution >= 0.6 is 0 Å². The van der Waals surface area contributed by atoms with Gasteiger partial charge >= 0.3 is 5.97 Å². The number of rotatable bonds is 3. The Hall–Kier alpha value is -2.29. The second kappa shape index (κ2) is 5.14. The van der Waals surface area contributed by atoms with Crippen molar-refractivity contribution in [1.82, 2.24) is 0 Å². The number of carbonyl (C=O) groups is 1. The molecule has 0 aromatic heterocycles. The lowest BCUT2D eigenvalue weighted by atomic mass is 9.96. The highest BCUT2D eigenvalue weighted by molar-refractivity contribution is 5.94. The molecule has 0 unspecified atom stereocenters. The molecule has 0 fully saturated rings. The third-order valence-electron chi connectivity index (χ3n) is 3.12. The van der Waals surface area contributed by atoms with Crippen LogP contribution < -0.4 is 4.74 Å². The molecule has 0 bridgehead atoms. The number of carboxylic acids is 1. The van der Waals surface area contributed by atoms with Gasteiger partial charge in [-0.25, -0.2) is 4.79 Å². The lowest BCUT2D eigenvalue weighted by Crippen LogP contribution is -2.02. The Balaban J connectivity index is 2.68. The summed E-state index contributed by atoms with van der Waals surface area (Å²) in [6, 6.07) is 11.2. The van der Waals surface area contributed by atoms with Crippen molar-refractivity contribution in [3.63, 3.8) is 0 Å². The SMILES string of the molecule is COc1c(C(=O)O)cccc1-c1ccc(C)cc1C. The maximum Gasteiger partial charge on any atom is 0.339 e. The van der Waals surface area contributed by atoms with E-state index in [0.717, 1.165) is 16.7 Å². The number of hydrogen-bond acceptors (Lipinski definition) is 2. The van der Waals surface area contributed by atoms with E-state index in [0.29, 0.717) is 5.75 Å². The summed E-state index contributed by atoms with van der Waals surface area (Å²) in [7, 11) is 1.49. The zero-order valence-corrected chi connectivity index (χ0v) is 11.2. The molecule has 3 nitrogen and oxygen atoms in total. The molecule has 2 aromatic rings. The summed E-state index contributed by atoms with van der Waals surface area (Å²) in [6.45, 7) is 4.04. The van der Waals surface area contributed by atoms with Crippen molar-refractivity contribution in [3.05, 3.63) is 53.1 Å². The molecule has 98 valence electrons. The lowest BCUT2D eigenvalue weighted by Gasteiger charge is -2.13. The fourth-order valence-corrected chi connectivity index (χ4v) is 2.25. The Kier molecular flexibility index (Phi) is 3.56. The molecule has 1 N–H and O–H groups in total. The molecule has 0 saturated heterocycles. The van der Waals surface area contributed by atoms with E-state index in [2.05, 4.69) is 6.07 Å². The fourth-order valence-electron chi connectivity index (χ4n) is 2.25. The van der Waals surface area contributed by atoms with Crippen molar-refractivity contribution < 1.29 is 14.6 Å². The van der Waals surface area contributed by atoms with E-state index in [1.165, 1.54) is 12.7 Å². The standard InChI is InChI=1S/C16H16O3/c1-10-7-8-12(11(2)9-10)13-5-4-6-14(16(17)18)15(13)19-3/h4-9H,1-3H3,(H,17,18). The number of para-hydroxylation sites is 1. The number of carboxylic acid groups (broad SMARTS) is 1. The van der Waals surface area contributed by atoms with Gasteiger partial charge in [0.1, 0.15) is 11.3 Å². The number of hydrogen-bond donors (Lipinski definition) is 1. The third kappa shape index (κ3) is 2.45. The lowest BCUT2D eigenvalue weighted by molar-refractivity contribution is 0.0693. The van der Waals surface area contributed by atoms with Crippen molar-refractivity contribution >= 4 is 5.97 Å². The molecular formula is C16H16O3. The van der Waals surface area contributed by atoms with Crippen molar-refractivity contribution in [2.45, 2.75) is 13.8 Å². The first-order valence-electron chi connectivity index (χ1n) is 6.02. The van der Waals surface area contributed by atoms with Crippen LogP contribution in [0.3, 0.4) is 0 Å². The summed E-state index contributed by atoms with van der Waals surface area (Å²) < 4.78 is 5.30. The summed E-state index contributed by atoms with van der Waals surface area (Å²) in [4.78, 5) is 11.2. The molecule has 2 rings (SSSR count). The topological polar surface area (TPSA) is 46.5 Å². The normalized spacial score (nSPS) is 10.3. The highest BCUT2D eigenvalue weighted by Gasteiger charge is 2.16. The minimum atomic E-state index is -0.983. The summed E-state index contributed by atoms with van der Waals surface area (Å²) in [5.74, 6) is -0.578. The summed E-state index contributed by atoms with van der Waals surface area (Å²) >= 11 is 0. The van der Waals surface area contributed by atoms with E-state index in [9.17, 15) is 9.90 Å². The van der Waals surface area contributed by atoms with Crippen LogP contribution in [0.2, 0.25) is 0 Å². The monoisotopic (exact) mass is 256 g/mol. The number of aryl methyl sites for hydroxylation is 2. The van der Waals surface area contributed by atoms with Crippen LogP contribution in [-0.4, -0.2) is 18.2 Å². The van der Waals surface area contributed by atoms with E-state index >= 15 is 0 Å². The van der Waals surface area contributed by atoms with E-state index in [-0.39, 0.29) is 5.56 Å². The minimum absolute atomic E-state index is 0.181. The van der Waals surface area contributed by atoms with Crippen molar-refractivity contribution in [3.8, 4) is 16.9 Å². The van der Waals surface area contributed by atoms with Gasteiger partial charge in [-0.3, -0.25) is 0 Å². The van der Waals surface area contributed by atoms with Crippen molar-refractivity contribution in [1.29, 1.82) is 0 Å². The quantitative estimate of drug-likeness (QED) is 0.911. The van der Waals surface area contributed by atoms with Crippen LogP contribution in [0.15, 0.2) is 36.4 Å². The zero-order valence-electron chi connectivity index (χ0n) is 11.2. The Morgan fingerprint density at radius 2 is 1.84 bits per heavy atom. The molecule has 19 heavy (non-hydrogen) atoms. The van der Waals surface area contributed by atoms with Crippen LogP contribution in [0, 0.1) is 13.8 Å². The molecule has 0 atom stereocenters. The molecule has 0 radical (unpaired) electrons. The van der Waals surface area contributed by atoms with Gasteiger partial charge in [0, 0.05) is 5.56 Å². The summed E-state index contributed by atoms with van der Waals surface area (Å²) in [5.41, 5.74) is 4.25. The smallest absolute Gasteiger partial charge is 0.339 e. The first-order valence-corrected chi connectivity index (χ1v) is 6.02. The van der Waals surface area contributed by atoms with Gasteiger partial charge in [0.15, 0.2) is 0 Å². The highest BCUT2D eigenvalue weighted by Crippen LogP contribution is 2.35. The first-order chi connectivity index (χ1) is 9.04. The highest BCUT2D eigenvalue weighted by atomic mass is 16.5. The molecular weight excluding hydrogens is 240 g/mol. The van der Waals surface area contributed by atoms with Crippen LogP contribution in [0.5, 0.6) is 5.75 Å². The average molecular weight is 256 g/mol. The van der Waals surface area contributed by atoms with Gasteiger partial charge in [0.2, 0.25) is 0 Å². The van der Waals surface area contributed by atoms with Gasteiger partial charge in [0.05, 0.1) is 7.11 Å². The van der Waals surface area contributed by atoms with Gasteiger partial charge in [-0.15, -0.1) is 0 Å². The van der Waals surface area contributed by atoms with Gasteiger partial charge in [-0.1, -0.05) is 35.9 Å². The van der Waals surface area contributed by atoms with Crippen LogP contribution in [0.1, 0.15) is 21.5 Å². The van der Waals surface area contributed by atoms with Crippen LogP contribution in [0.4, 0.5) is 0 Å². The molecule has 0 spiro atoms. The van der Waals surface area contributed by atoms with E-state index < -0.39 is 5.97 Å². The van der Waals surface area contributed by atoms with Gasteiger partial charge < -0.3 is 9.84 Å². The number of methoxy groups -OCH3 is 1. The molecule has 0 saturated carbocycles. The zero-order chi connectivity index (χ0) is 14.0. The van der Waals surface area contributed by atoms with Crippen LogP contribution in [0.25, 0.3) is 11.1 Å². The van der Waals surface area contributed by atoms with E-state index in [1.54, 1.807) is 12.1 Å². The first kappa shape index (κ1) is 13.1. The average Bonchev–Trinajstić information content (AvgIpc) is 2.37. The summed E-state index contributed by atoms with van der Waals surface area (Å²) in [6.07, 6.45) is 0. The van der Waals surface area contributed by atoms with E-state index in [4.69, 9.17) is 4.74 Å². The maximum absolute atomic E-state index is 11.2. The Labute approximate surface area is 112 Å². The Bertz CT molecular complexity index is 630. The molecule has 0 aliphatic carbocycles. The van der Waals surface area contributed by atoms with E-state index in [1.807, 2.05) is 32.0 Å². The molecule has 3 heteroatoms. The van der Waals surface area contributed by atoms with Gasteiger partial charge in [0.25, 0.3) is 0 Å². The largest absolute Gasteiger partial charge is 0.495 e. The predicted octanol–water partition coefficient (Wildman–Crippen LogP) is 3.68. The fraction of sp³-hybridized carbons (Fsp3) is 0.188. The summed E-state index contributed by atoms with van der Waals surface area (Å²) in [5, 5.41) is 9.20. The third-order valence-corrected chi connectivity index (χ3v) is 3.12. The van der Waals surface area contributed by atoms with Gasteiger partial charge in [-0.05, 0) is 31.0 Å². The molecule has 0 amide bonds. The van der Waals surface area contributed by atoms with Crippen molar-refractivity contribution in [2.24, 2.45) is 0 Å². The molecule has 0 aliphatic rings. The molecule has 0 aliphatic heterocycles. The maximum atomic E-state index is 11.2.